The van der Waals surface area contributed by atoms with Gasteiger partial charge in [-0.3, -0.25) is 4.99 Å². The number of rotatable bonds is 4. The van der Waals surface area contributed by atoms with E-state index in [2.05, 4.69) is 15.6 Å². The molecule has 2 N–H and O–H groups in total. The van der Waals surface area contributed by atoms with Gasteiger partial charge in [0.05, 0.1) is 6.26 Å². The zero-order chi connectivity index (χ0) is 13.2. The van der Waals surface area contributed by atoms with E-state index in [9.17, 15) is 8.42 Å². The number of nitrogens with zero attached hydrogens (tertiary/aromatic N) is 2. The fourth-order valence-electron chi connectivity index (χ4n) is 2.12. The number of hydrogen-bond donors (Lipinski definition) is 2. The monoisotopic (exact) mass is 274 g/mol. The average Bonchev–Trinajstić information content (AvgIpc) is 2.97. The molecule has 7 heteroatoms. The Morgan fingerprint density at radius 3 is 2.61 bits per heavy atom. The van der Waals surface area contributed by atoms with Gasteiger partial charge in [-0.2, -0.15) is 0 Å². The van der Waals surface area contributed by atoms with Crippen LogP contribution in [0.2, 0.25) is 0 Å². The van der Waals surface area contributed by atoms with Crippen LogP contribution in [-0.2, 0) is 10.0 Å². The molecule has 1 aliphatic heterocycles. The van der Waals surface area contributed by atoms with E-state index in [4.69, 9.17) is 0 Å². The molecule has 1 saturated carbocycles. The minimum Gasteiger partial charge on any atom is -0.356 e. The van der Waals surface area contributed by atoms with Crippen molar-refractivity contribution in [3.8, 4) is 0 Å². The van der Waals surface area contributed by atoms with E-state index >= 15 is 0 Å². The molecule has 0 aromatic rings. The van der Waals surface area contributed by atoms with Crippen LogP contribution in [-0.4, -0.2) is 57.7 Å². The second-order valence-corrected chi connectivity index (χ2v) is 7.13. The van der Waals surface area contributed by atoms with Crippen molar-refractivity contribution in [3.63, 3.8) is 0 Å². The molecule has 0 spiro atoms. The van der Waals surface area contributed by atoms with E-state index in [-0.39, 0.29) is 0 Å². The Labute approximate surface area is 109 Å². The van der Waals surface area contributed by atoms with E-state index in [1.807, 2.05) is 0 Å². The second kappa shape index (κ2) is 5.44. The highest BCUT2D eigenvalue weighted by Crippen LogP contribution is 2.19. The average molecular weight is 274 g/mol. The molecule has 1 unspecified atom stereocenters. The lowest BCUT2D eigenvalue weighted by molar-refractivity contribution is 0.459. The van der Waals surface area contributed by atoms with Crippen molar-refractivity contribution in [2.75, 3.05) is 32.9 Å². The van der Waals surface area contributed by atoms with Crippen molar-refractivity contribution >= 4 is 16.0 Å². The number of aliphatic imine (C=N–C) groups is 1. The van der Waals surface area contributed by atoms with Gasteiger partial charge in [0.15, 0.2) is 5.96 Å². The van der Waals surface area contributed by atoms with Gasteiger partial charge in [-0.05, 0) is 25.2 Å². The first-order valence-corrected chi connectivity index (χ1v) is 8.26. The smallest absolute Gasteiger partial charge is 0.211 e. The molecule has 2 aliphatic rings. The molecule has 1 aliphatic carbocycles. The van der Waals surface area contributed by atoms with Crippen LogP contribution in [0.5, 0.6) is 0 Å². The minimum atomic E-state index is -3.03. The standard InChI is InChI=1S/C11H22N4O2S/c1-12-11(14-10-3-4-10)13-7-9-5-6-15(8-9)18(2,16)17/h9-10H,3-8H2,1-2H3,(H2,12,13,14). The maximum absolute atomic E-state index is 11.4. The molecule has 18 heavy (non-hydrogen) atoms. The van der Waals surface area contributed by atoms with Gasteiger partial charge in [-0.15, -0.1) is 0 Å². The highest BCUT2D eigenvalue weighted by molar-refractivity contribution is 7.88. The molecular weight excluding hydrogens is 252 g/mol. The Bertz CT molecular complexity index is 417. The fourth-order valence-corrected chi connectivity index (χ4v) is 3.04. The molecule has 0 aromatic heterocycles. The van der Waals surface area contributed by atoms with Crippen molar-refractivity contribution in [2.24, 2.45) is 10.9 Å². The van der Waals surface area contributed by atoms with Crippen LogP contribution in [0.4, 0.5) is 0 Å². The minimum absolute atomic E-state index is 0.373. The van der Waals surface area contributed by atoms with Crippen LogP contribution < -0.4 is 10.6 Å². The van der Waals surface area contributed by atoms with Gasteiger partial charge < -0.3 is 10.6 Å². The summed E-state index contributed by atoms with van der Waals surface area (Å²) in [5.74, 6) is 1.20. The second-order valence-electron chi connectivity index (χ2n) is 5.15. The first-order chi connectivity index (χ1) is 8.49. The summed E-state index contributed by atoms with van der Waals surface area (Å²) < 4.78 is 24.3. The van der Waals surface area contributed by atoms with Crippen LogP contribution >= 0.6 is 0 Å². The number of nitrogens with one attached hydrogen (secondary N) is 2. The summed E-state index contributed by atoms with van der Waals surface area (Å²) in [6.45, 7) is 2.03. The highest BCUT2D eigenvalue weighted by Gasteiger charge is 2.29. The van der Waals surface area contributed by atoms with Crippen molar-refractivity contribution in [1.29, 1.82) is 0 Å². The zero-order valence-corrected chi connectivity index (χ0v) is 11.8. The molecule has 2 fully saturated rings. The van der Waals surface area contributed by atoms with Gasteiger partial charge >= 0.3 is 0 Å². The number of sulfonamides is 1. The van der Waals surface area contributed by atoms with Crippen LogP contribution in [0.1, 0.15) is 19.3 Å². The molecule has 0 aromatic carbocycles. The Morgan fingerprint density at radius 2 is 2.11 bits per heavy atom. The summed E-state index contributed by atoms with van der Waals surface area (Å²) in [5.41, 5.74) is 0. The molecular formula is C11H22N4O2S. The first-order valence-electron chi connectivity index (χ1n) is 6.41. The van der Waals surface area contributed by atoms with E-state index in [1.165, 1.54) is 19.1 Å². The lowest BCUT2D eigenvalue weighted by Crippen LogP contribution is -2.41. The quantitative estimate of drug-likeness (QED) is 0.540. The van der Waals surface area contributed by atoms with Crippen molar-refractivity contribution in [3.05, 3.63) is 0 Å². The molecule has 0 bridgehead atoms. The SMILES string of the molecule is CN=C(NCC1CCN(S(C)(=O)=O)C1)NC1CC1. The lowest BCUT2D eigenvalue weighted by atomic mass is 10.1. The van der Waals surface area contributed by atoms with Gasteiger partial charge in [0.25, 0.3) is 0 Å². The van der Waals surface area contributed by atoms with E-state index < -0.39 is 10.0 Å². The predicted octanol–water partition coefficient (Wildman–Crippen LogP) is -0.405. The van der Waals surface area contributed by atoms with E-state index in [1.54, 1.807) is 11.4 Å². The maximum atomic E-state index is 11.4. The van der Waals surface area contributed by atoms with Crippen molar-refractivity contribution < 1.29 is 8.42 Å². The number of guanidine groups is 1. The molecule has 2 rings (SSSR count). The van der Waals surface area contributed by atoms with Crippen LogP contribution in [0.15, 0.2) is 4.99 Å². The van der Waals surface area contributed by atoms with Gasteiger partial charge in [-0.1, -0.05) is 0 Å². The van der Waals surface area contributed by atoms with Gasteiger partial charge in [-0.25, -0.2) is 12.7 Å². The molecule has 6 nitrogen and oxygen atoms in total. The van der Waals surface area contributed by atoms with E-state index in [0.29, 0.717) is 25.0 Å². The number of hydrogen-bond acceptors (Lipinski definition) is 3. The Kier molecular flexibility index (Phi) is 4.11. The highest BCUT2D eigenvalue weighted by atomic mass is 32.2. The summed E-state index contributed by atoms with van der Waals surface area (Å²) in [6.07, 6.45) is 4.62. The largest absolute Gasteiger partial charge is 0.356 e. The lowest BCUT2D eigenvalue weighted by Gasteiger charge is -2.16. The predicted molar refractivity (Wildman–Crippen MR) is 72.0 cm³/mol. The first kappa shape index (κ1) is 13.6. The van der Waals surface area contributed by atoms with Gasteiger partial charge in [0.1, 0.15) is 0 Å². The summed E-state index contributed by atoms with van der Waals surface area (Å²) in [5, 5.41) is 6.59. The third-order valence-electron chi connectivity index (χ3n) is 3.42. The maximum Gasteiger partial charge on any atom is 0.211 e. The van der Waals surface area contributed by atoms with Crippen LogP contribution in [0, 0.1) is 5.92 Å². The van der Waals surface area contributed by atoms with E-state index in [0.717, 1.165) is 18.9 Å². The fraction of sp³-hybridized carbons (Fsp3) is 0.909. The summed E-state index contributed by atoms with van der Waals surface area (Å²) in [7, 11) is -1.27. The molecule has 0 amide bonds. The summed E-state index contributed by atoms with van der Waals surface area (Å²) >= 11 is 0. The zero-order valence-electron chi connectivity index (χ0n) is 11.0. The topological polar surface area (TPSA) is 73.8 Å². The third kappa shape index (κ3) is 3.84. The van der Waals surface area contributed by atoms with Crippen LogP contribution in [0.25, 0.3) is 0 Å². The molecule has 1 heterocycles. The summed E-state index contributed by atoms with van der Waals surface area (Å²) in [6, 6.07) is 0.576. The molecule has 1 atom stereocenters. The molecule has 0 radical (unpaired) electrons. The van der Waals surface area contributed by atoms with Gasteiger partial charge in [0, 0.05) is 32.7 Å². The normalized spacial score (nSPS) is 26.3. The molecule has 104 valence electrons. The van der Waals surface area contributed by atoms with Crippen molar-refractivity contribution in [1.82, 2.24) is 14.9 Å². The third-order valence-corrected chi connectivity index (χ3v) is 4.69. The van der Waals surface area contributed by atoms with Crippen LogP contribution in [0.3, 0.4) is 0 Å². The Morgan fingerprint density at radius 1 is 1.39 bits per heavy atom. The van der Waals surface area contributed by atoms with Crippen molar-refractivity contribution in [2.45, 2.75) is 25.3 Å². The summed E-state index contributed by atoms with van der Waals surface area (Å²) in [4.78, 5) is 4.16. The Hall–Kier alpha value is -0.820. The molecule has 1 saturated heterocycles. The Balaban J connectivity index is 1.74. The van der Waals surface area contributed by atoms with Gasteiger partial charge in [0.2, 0.25) is 10.0 Å².